The van der Waals surface area contributed by atoms with Gasteiger partial charge >= 0.3 is 0 Å². The molecule has 0 unspecified atom stereocenters. The minimum absolute atomic E-state index is 1.10. The van der Waals surface area contributed by atoms with Crippen molar-refractivity contribution in [3.05, 3.63) is 72.8 Å². The summed E-state index contributed by atoms with van der Waals surface area (Å²) < 4.78 is 2.35. The molecule has 4 aromatic rings. The van der Waals surface area contributed by atoms with Gasteiger partial charge in [-0.15, -0.1) is 0 Å². The number of nitrogens with zero attached hydrogens (tertiary/aromatic N) is 1. The molecule has 0 fully saturated rings. The number of fused-ring (bicyclic) bond motifs is 3. The number of rotatable bonds is 1. The summed E-state index contributed by atoms with van der Waals surface area (Å²) >= 11 is 0. The third kappa shape index (κ3) is 1.62. The van der Waals surface area contributed by atoms with E-state index in [1.54, 1.807) is 0 Å². The van der Waals surface area contributed by atoms with Crippen LogP contribution in [0.25, 0.3) is 27.5 Å². The first-order valence-corrected chi connectivity index (χ1v) is 7.90. The molecule has 96 valence electrons. The second-order valence-corrected chi connectivity index (χ2v) is 6.36. The van der Waals surface area contributed by atoms with Gasteiger partial charge in [0.05, 0.1) is 11.0 Å². The first-order chi connectivity index (χ1) is 9.84. The van der Waals surface area contributed by atoms with Crippen LogP contribution in [0.15, 0.2) is 72.8 Å². The molecule has 0 radical (unpaired) electrons. The molecule has 0 atom stereocenters. The molecular weight excluding hydrogens is 258 g/mol. The molecule has 2 heteroatoms. The van der Waals surface area contributed by atoms with Crippen LogP contribution in [0, 0.1) is 0 Å². The highest BCUT2D eigenvalue weighted by atomic mass is 28.1. The highest BCUT2D eigenvalue weighted by molar-refractivity contribution is 6.32. The van der Waals surface area contributed by atoms with E-state index in [0.29, 0.717) is 0 Å². The molecule has 0 spiro atoms. The van der Waals surface area contributed by atoms with E-state index < -0.39 is 0 Å². The first kappa shape index (κ1) is 11.5. The largest absolute Gasteiger partial charge is 0.309 e. The number of hydrogen-bond acceptors (Lipinski definition) is 0. The van der Waals surface area contributed by atoms with Crippen molar-refractivity contribution in [2.75, 3.05) is 0 Å². The maximum absolute atomic E-state index is 2.35. The van der Waals surface area contributed by atoms with E-state index in [0.717, 1.165) is 10.2 Å². The summed E-state index contributed by atoms with van der Waals surface area (Å²) in [6.07, 6.45) is 0. The summed E-state index contributed by atoms with van der Waals surface area (Å²) in [5.41, 5.74) is 3.78. The first-order valence-electron chi connectivity index (χ1n) is 6.90. The second kappa shape index (κ2) is 4.36. The molecule has 0 saturated heterocycles. The zero-order valence-electron chi connectivity index (χ0n) is 11.4. The van der Waals surface area contributed by atoms with Crippen LogP contribution in [-0.2, 0) is 0 Å². The molecule has 1 nitrogen and oxygen atoms in total. The fraction of sp³-hybridized carbons (Fsp3) is 0. The molecule has 0 N–H and O–H groups in total. The molecule has 4 rings (SSSR count). The van der Waals surface area contributed by atoms with Crippen LogP contribution < -0.4 is 5.19 Å². The van der Waals surface area contributed by atoms with Crippen LogP contribution in [0.1, 0.15) is 0 Å². The van der Waals surface area contributed by atoms with Crippen molar-refractivity contribution in [2.24, 2.45) is 0 Å². The summed E-state index contributed by atoms with van der Waals surface area (Å²) in [6.45, 7) is 0. The van der Waals surface area contributed by atoms with Gasteiger partial charge in [-0.1, -0.05) is 53.7 Å². The molecule has 20 heavy (non-hydrogen) atoms. The van der Waals surface area contributed by atoms with Gasteiger partial charge in [-0.2, -0.15) is 0 Å². The molecule has 0 saturated carbocycles. The van der Waals surface area contributed by atoms with E-state index in [2.05, 4.69) is 77.4 Å². The van der Waals surface area contributed by atoms with Gasteiger partial charge in [-0.25, -0.2) is 0 Å². The van der Waals surface area contributed by atoms with Crippen molar-refractivity contribution >= 4 is 37.2 Å². The van der Waals surface area contributed by atoms with Gasteiger partial charge in [-0.05, 0) is 24.3 Å². The Labute approximate surface area is 120 Å². The molecule has 1 aromatic heterocycles. The van der Waals surface area contributed by atoms with Gasteiger partial charge in [0, 0.05) is 26.7 Å². The van der Waals surface area contributed by atoms with Gasteiger partial charge in [0.1, 0.15) is 0 Å². The minimum Gasteiger partial charge on any atom is -0.309 e. The smallest absolute Gasteiger partial charge is 0.0541 e. The van der Waals surface area contributed by atoms with Crippen LogP contribution in [0.3, 0.4) is 0 Å². The standard InChI is InChI=1S/C18H15NSi/c20-14-11-9-13(10-12-14)19-17-7-3-1-5-15(17)16-6-2-4-8-18(16)19/h1-12H,20H3. The van der Waals surface area contributed by atoms with E-state index in [-0.39, 0.29) is 0 Å². The van der Waals surface area contributed by atoms with Crippen LogP contribution in [0.2, 0.25) is 0 Å². The lowest BCUT2D eigenvalue weighted by Crippen LogP contribution is -2.02. The summed E-state index contributed by atoms with van der Waals surface area (Å²) in [7, 11) is 1.10. The highest BCUT2D eigenvalue weighted by Crippen LogP contribution is 2.31. The third-order valence-electron chi connectivity index (χ3n) is 3.87. The number of hydrogen-bond donors (Lipinski definition) is 0. The predicted molar refractivity (Wildman–Crippen MR) is 90.4 cm³/mol. The lowest BCUT2D eigenvalue weighted by molar-refractivity contribution is 1.18. The molecule has 3 aromatic carbocycles. The monoisotopic (exact) mass is 273 g/mol. The Kier molecular flexibility index (Phi) is 2.50. The fourth-order valence-electron chi connectivity index (χ4n) is 2.89. The zero-order valence-corrected chi connectivity index (χ0v) is 13.4. The fourth-order valence-corrected chi connectivity index (χ4v) is 3.23. The van der Waals surface area contributed by atoms with Crippen molar-refractivity contribution in [2.45, 2.75) is 0 Å². The lowest BCUT2D eigenvalue weighted by Gasteiger charge is -2.07. The van der Waals surface area contributed by atoms with Gasteiger partial charge in [-0.3, -0.25) is 0 Å². The molecule has 0 amide bonds. The topological polar surface area (TPSA) is 4.93 Å². The predicted octanol–water partition coefficient (Wildman–Crippen LogP) is 2.77. The Morgan fingerprint density at radius 3 is 1.65 bits per heavy atom. The van der Waals surface area contributed by atoms with Crippen LogP contribution in [-0.4, -0.2) is 14.8 Å². The number of aromatic nitrogens is 1. The van der Waals surface area contributed by atoms with E-state index >= 15 is 0 Å². The summed E-state index contributed by atoms with van der Waals surface area (Å²) in [5, 5.41) is 4.06. The second-order valence-electron chi connectivity index (χ2n) is 5.21. The average Bonchev–Trinajstić information content (AvgIpc) is 2.83. The normalized spacial score (nSPS) is 11.4. The van der Waals surface area contributed by atoms with Crippen molar-refractivity contribution in [3.63, 3.8) is 0 Å². The molecule has 0 aliphatic heterocycles. The van der Waals surface area contributed by atoms with E-state index in [4.69, 9.17) is 0 Å². The van der Waals surface area contributed by atoms with Gasteiger partial charge in [0.15, 0.2) is 0 Å². The Morgan fingerprint density at radius 2 is 1.10 bits per heavy atom. The minimum atomic E-state index is 1.10. The third-order valence-corrected chi connectivity index (χ3v) is 4.54. The van der Waals surface area contributed by atoms with Crippen LogP contribution >= 0.6 is 0 Å². The van der Waals surface area contributed by atoms with Crippen molar-refractivity contribution in [1.82, 2.24) is 4.57 Å². The van der Waals surface area contributed by atoms with Crippen LogP contribution in [0.5, 0.6) is 0 Å². The Morgan fingerprint density at radius 1 is 0.600 bits per heavy atom. The maximum atomic E-state index is 2.35. The number of benzene rings is 3. The van der Waals surface area contributed by atoms with Crippen molar-refractivity contribution in [1.29, 1.82) is 0 Å². The van der Waals surface area contributed by atoms with E-state index in [9.17, 15) is 0 Å². The van der Waals surface area contributed by atoms with Gasteiger partial charge in [0.2, 0.25) is 0 Å². The van der Waals surface area contributed by atoms with Crippen LogP contribution in [0.4, 0.5) is 0 Å². The lowest BCUT2D eigenvalue weighted by atomic mass is 10.2. The molecule has 0 aliphatic carbocycles. The SMILES string of the molecule is [SiH3]c1ccc(-n2c3ccccc3c3ccccc32)cc1. The van der Waals surface area contributed by atoms with Gasteiger partial charge in [0.25, 0.3) is 0 Å². The Balaban J connectivity index is 2.17. The Hall–Kier alpha value is -2.32. The van der Waals surface area contributed by atoms with Crippen molar-refractivity contribution < 1.29 is 0 Å². The zero-order chi connectivity index (χ0) is 13.5. The average molecular weight is 273 g/mol. The number of para-hydroxylation sites is 2. The van der Waals surface area contributed by atoms with E-state index in [1.807, 2.05) is 0 Å². The molecular formula is C18H15NSi. The highest BCUT2D eigenvalue weighted by Gasteiger charge is 2.10. The molecule has 0 bridgehead atoms. The maximum Gasteiger partial charge on any atom is 0.0541 e. The Bertz CT molecular complexity index is 850. The molecule has 1 heterocycles. The van der Waals surface area contributed by atoms with Gasteiger partial charge < -0.3 is 4.57 Å². The van der Waals surface area contributed by atoms with Crippen molar-refractivity contribution in [3.8, 4) is 5.69 Å². The quantitative estimate of drug-likeness (QED) is 0.470. The molecule has 0 aliphatic rings. The van der Waals surface area contributed by atoms with E-state index in [1.165, 1.54) is 32.7 Å². The summed E-state index contributed by atoms with van der Waals surface area (Å²) in [5.74, 6) is 0. The summed E-state index contributed by atoms with van der Waals surface area (Å²) in [6, 6.07) is 26.1. The summed E-state index contributed by atoms with van der Waals surface area (Å²) in [4.78, 5) is 0.